The van der Waals surface area contributed by atoms with Gasteiger partial charge in [-0.3, -0.25) is 0 Å². The fourth-order valence-corrected chi connectivity index (χ4v) is 4.03. The zero-order valence-corrected chi connectivity index (χ0v) is 15.1. The van der Waals surface area contributed by atoms with E-state index in [0.717, 1.165) is 37.0 Å². The van der Waals surface area contributed by atoms with Gasteiger partial charge in [-0.15, -0.1) is 0 Å². The summed E-state index contributed by atoms with van der Waals surface area (Å²) in [5.74, 6) is -0.838. The average molecular weight is 328 g/mol. The second-order valence-corrected chi connectivity index (χ2v) is 7.00. The quantitative estimate of drug-likeness (QED) is 0.871. The van der Waals surface area contributed by atoms with Crippen LogP contribution in [0.2, 0.25) is 0 Å². The summed E-state index contributed by atoms with van der Waals surface area (Å²) in [6.45, 7) is 10.7. The lowest BCUT2D eigenvalue weighted by atomic mass is 10.0. The van der Waals surface area contributed by atoms with E-state index in [1.54, 1.807) is 0 Å². The Morgan fingerprint density at radius 3 is 2.50 bits per heavy atom. The minimum atomic E-state index is -0.838. The molecule has 1 aromatic heterocycles. The standard InChI is InChI=1S/C20H28N2O2/c1-4-8-22-15(3)16(7-11-21-9-5-6-10-21)18-12-14(2)17(20(23)24)13-19(18)22/h12-13H,4-11H2,1-3H3,(H,23,24). The Morgan fingerprint density at radius 1 is 1.17 bits per heavy atom. The zero-order chi connectivity index (χ0) is 17.3. The number of fused-ring (bicyclic) bond motifs is 1. The smallest absolute Gasteiger partial charge is 0.336 e. The first-order chi connectivity index (χ1) is 11.5. The highest BCUT2D eigenvalue weighted by molar-refractivity contribution is 5.97. The van der Waals surface area contributed by atoms with E-state index < -0.39 is 5.97 Å². The summed E-state index contributed by atoms with van der Waals surface area (Å²) in [7, 11) is 0. The molecule has 1 aliphatic rings. The third kappa shape index (κ3) is 3.07. The molecule has 24 heavy (non-hydrogen) atoms. The molecule has 1 N–H and O–H groups in total. The van der Waals surface area contributed by atoms with Crippen molar-refractivity contribution in [3.8, 4) is 0 Å². The Balaban J connectivity index is 2.04. The van der Waals surface area contributed by atoms with E-state index in [9.17, 15) is 9.90 Å². The lowest BCUT2D eigenvalue weighted by Gasteiger charge is -2.14. The fraction of sp³-hybridized carbons (Fsp3) is 0.550. The molecule has 0 aliphatic carbocycles. The SMILES string of the molecule is CCCn1c(C)c(CCN2CCCC2)c2cc(C)c(C(=O)O)cc21. The number of hydrogen-bond donors (Lipinski definition) is 1. The molecule has 0 atom stereocenters. The number of carbonyl (C=O) groups is 1. The molecule has 4 heteroatoms. The van der Waals surface area contributed by atoms with E-state index >= 15 is 0 Å². The van der Waals surface area contributed by atoms with Crippen LogP contribution >= 0.6 is 0 Å². The van der Waals surface area contributed by atoms with Gasteiger partial charge in [-0.2, -0.15) is 0 Å². The van der Waals surface area contributed by atoms with Crippen molar-refractivity contribution in [1.82, 2.24) is 9.47 Å². The minimum Gasteiger partial charge on any atom is -0.478 e. The van der Waals surface area contributed by atoms with Gasteiger partial charge in [-0.1, -0.05) is 6.92 Å². The Labute approximate surface area is 144 Å². The van der Waals surface area contributed by atoms with Crippen molar-refractivity contribution < 1.29 is 9.90 Å². The number of aromatic carboxylic acids is 1. The molecule has 1 fully saturated rings. The molecule has 1 aromatic carbocycles. The molecule has 3 rings (SSSR count). The molecule has 0 amide bonds. The molecule has 1 saturated heterocycles. The Morgan fingerprint density at radius 2 is 1.88 bits per heavy atom. The monoisotopic (exact) mass is 328 g/mol. The van der Waals surface area contributed by atoms with Crippen molar-refractivity contribution in [3.05, 3.63) is 34.5 Å². The molecule has 0 spiro atoms. The number of aryl methyl sites for hydroxylation is 2. The van der Waals surface area contributed by atoms with Crippen LogP contribution in [0.4, 0.5) is 0 Å². The van der Waals surface area contributed by atoms with E-state index in [-0.39, 0.29) is 0 Å². The van der Waals surface area contributed by atoms with Crippen LogP contribution in [0.1, 0.15) is 53.4 Å². The maximum absolute atomic E-state index is 11.5. The lowest BCUT2D eigenvalue weighted by molar-refractivity contribution is 0.0696. The third-order valence-electron chi connectivity index (χ3n) is 5.35. The van der Waals surface area contributed by atoms with Gasteiger partial charge in [0.05, 0.1) is 5.56 Å². The van der Waals surface area contributed by atoms with Gasteiger partial charge in [0.2, 0.25) is 0 Å². The number of aromatic nitrogens is 1. The third-order valence-corrected chi connectivity index (χ3v) is 5.35. The number of nitrogens with zero attached hydrogens (tertiary/aromatic N) is 2. The molecular formula is C20H28N2O2. The molecule has 0 saturated carbocycles. The first-order valence-corrected chi connectivity index (χ1v) is 9.11. The van der Waals surface area contributed by atoms with Crippen LogP contribution in [0.15, 0.2) is 12.1 Å². The number of likely N-dealkylation sites (tertiary alicyclic amines) is 1. The minimum absolute atomic E-state index is 0.420. The van der Waals surface area contributed by atoms with Crippen molar-refractivity contribution in [2.24, 2.45) is 0 Å². The second kappa shape index (κ2) is 6.98. The largest absolute Gasteiger partial charge is 0.478 e. The Hall–Kier alpha value is -1.81. The van der Waals surface area contributed by atoms with Crippen molar-refractivity contribution in [2.45, 2.75) is 53.0 Å². The summed E-state index contributed by atoms with van der Waals surface area (Å²) in [6.07, 6.45) is 4.73. The van der Waals surface area contributed by atoms with E-state index in [0.29, 0.717) is 5.56 Å². The highest BCUT2D eigenvalue weighted by Crippen LogP contribution is 2.30. The van der Waals surface area contributed by atoms with Gasteiger partial charge >= 0.3 is 5.97 Å². The van der Waals surface area contributed by atoms with Crippen LogP contribution in [-0.4, -0.2) is 40.2 Å². The number of hydrogen-bond acceptors (Lipinski definition) is 2. The van der Waals surface area contributed by atoms with E-state index in [2.05, 4.69) is 29.4 Å². The second-order valence-electron chi connectivity index (χ2n) is 7.00. The summed E-state index contributed by atoms with van der Waals surface area (Å²) in [4.78, 5) is 14.1. The summed E-state index contributed by atoms with van der Waals surface area (Å²) in [6, 6.07) is 3.95. The number of carboxylic acids is 1. The molecule has 1 aliphatic heterocycles. The Bertz CT molecular complexity index is 755. The molecule has 0 radical (unpaired) electrons. The number of carboxylic acid groups (broad SMARTS) is 1. The van der Waals surface area contributed by atoms with Crippen LogP contribution in [0.3, 0.4) is 0 Å². The summed E-state index contributed by atoms with van der Waals surface area (Å²) in [5.41, 5.74) is 5.04. The van der Waals surface area contributed by atoms with Gasteiger partial charge in [-0.25, -0.2) is 4.79 Å². The van der Waals surface area contributed by atoms with Crippen LogP contribution in [0.25, 0.3) is 10.9 Å². The van der Waals surface area contributed by atoms with Crippen LogP contribution in [-0.2, 0) is 13.0 Å². The van der Waals surface area contributed by atoms with Crippen molar-refractivity contribution in [3.63, 3.8) is 0 Å². The van der Waals surface area contributed by atoms with E-state index in [1.165, 1.54) is 42.6 Å². The van der Waals surface area contributed by atoms with E-state index in [1.807, 2.05) is 13.0 Å². The normalized spacial score (nSPS) is 15.5. The maximum atomic E-state index is 11.5. The highest BCUT2D eigenvalue weighted by Gasteiger charge is 2.19. The average Bonchev–Trinajstić information content (AvgIpc) is 3.13. The summed E-state index contributed by atoms with van der Waals surface area (Å²) >= 11 is 0. The molecule has 0 unspecified atom stereocenters. The van der Waals surface area contributed by atoms with E-state index in [4.69, 9.17) is 0 Å². The molecule has 4 nitrogen and oxygen atoms in total. The summed E-state index contributed by atoms with van der Waals surface area (Å²) < 4.78 is 2.31. The van der Waals surface area contributed by atoms with Gasteiger partial charge < -0.3 is 14.6 Å². The van der Waals surface area contributed by atoms with Gasteiger partial charge in [0.1, 0.15) is 0 Å². The van der Waals surface area contributed by atoms with Gasteiger partial charge in [0.25, 0.3) is 0 Å². The van der Waals surface area contributed by atoms with Crippen LogP contribution in [0, 0.1) is 13.8 Å². The highest BCUT2D eigenvalue weighted by atomic mass is 16.4. The van der Waals surface area contributed by atoms with Crippen LogP contribution < -0.4 is 0 Å². The van der Waals surface area contributed by atoms with Crippen molar-refractivity contribution >= 4 is 16.9 Å². The first-order valence-electron chi connectivity index (χ1n) is 9.11. The lowest BCUT2D eigenvalue weighted by Crippen LogP contribution is -2.22. The zero-order valence-electron chi connectivity index (χ0n) is 15.1. The predicted octanol–water partition coefficient (Wildman–Crippen LogP) is 4.00. The molecule has 0 bridgehead atoms. The fourth-order valence-electron chi connectivity index (χ4n) is 4.03. The maximum Gasteiger partial charge on any atom is 0.336 e. The molecule has 2 heterocycles. The van der Waals surface area contributed by atoms with Crippen LogP contribution in [0.5, 0.6) is 0 Å². The summed E-state index contributed by atoms with van der Waals surface area (Å²) in [5, 5.41) is 10.7. The molecule has 130 valence electrons. The molecule has 2 aromatic rings. The predicted molar refractivity (Wildman–Crippen MR) is 98.0 cm³/mol. The topological polar surface area (TPSA) is 45.5 Å². The van der Waals surface area contributed by atoms with Crippen molar-refractivity contribution in [2.75, 3.05) is 19.6 Å². The number of benzene rings is 1. The first kappa shape index (κ1) is 17.0. The van der Waals surface area contributed by atoms with Crippen molar-refractivity contribution in [1.29, 1.82) is 0 Å². The van der Waals surface area contributed by atoms with Gasteiger partial charge in [0.15, 0.2) is 0 Å². The number of rotatable bonds is 6. The van der Waals surface area contributed by atoms with Gasteiger partial charge in [-0.05, 0) is 75.9 Å². The van der Waals surface area contributed by atoms with Gasteiger partial charge in [0, 0.05) is 29.7 Å². The molecular weight excluding hydrogens is 300 g/mol. The Kier molecular flexibility index (Phi) is 4.95.